The minimum Gasteiger partial charge on any atom is -0.393 e. The second kappa shape index (κ2) is 18.6. The van der Waals surface area contributed by atoms with Gasteiger partial charge in [-0.3, -0.25) is 9.59 Å². The van der Waals surface area contributed by atoms with Crippen LogP contribution in [0.3, 0.4) is 0 Å². The van der Waals surface area contributed by atoms with Crippen molar-refractivity contribution in [1.29, 1.82) is 0 Å². The highest BCUT2D eigenvalue weighted by atomic mass is 16.3. The third-order valence-corrected chi connectivity index (χ3v) is 6.91. The summed E-state index contributed by atoms with van der Waals surface area (Å²) in [5, 5.41) is 10.1. The summed E-state index contributed by atoms with van der Waals surface area (Å²) in [5.74, 6) is -0.271. The Kier molecular flexibility index (Phi) is 16.8. The number of aliphatic hydroxyl groups is 1. The third kappa shape index (κ3) is 13.2. The molecule has 0 amide bonds. The van der Waals surface area contributed by atoms with Crippen molar-refractivity contribution in [2.75, 3.05) is 0 Å². The monoisotopic (exact) mass is 434 g/mol. The first kappa shape index (κ1) is 28.1. The van der Waals surface area contributed by atoms with Gasteiger partial charge in [-0.2, -0.15) is 0 Å². The van der Waals surface area contributed by atoms with Crippen molar-refractivity contribution in [2.24, 2.45) is 11.8 Å². The number of unbranched alkanes of at least 4 members (excludes halogenated alkanes) is 13. The number of carbonyl (C=O) groups excluding carboxylic acids is 2. The molecule has 0 radical (unpaired) electrons. The number of ketones is 2. The predicted octanol–water partition coefficient (Wildman–Crippen LogP) is 7.74. The Bertz CT molecular complexity index is 496. The van der Waals surface area contributed by atoms with Gasteiger partial charge in [0.15, 0.2) is 5.78 Å². The summed E-state index contributed by atoms with van der Waals surface area (Å²) in [6.07, 6.45) is 25.4. The van der Waals surface area contributed by atoms with Gasteiger partial charge < -0.3 is 5.11 Å². The zero-order valence-corrected chi connectivity index (χ0v) is 20.6. The number of aliphatic hydroxyl groups excluding tert-OH is 1. The number of hydrogen-bond donors (Lipinski definition) is 1. The van der Waals surface area contributed by atoms with Gasteiger partial charge in [0, 0.05) is 5.92 Å². The van der Waals surface area contributed by atoms with Gasteiger partial charge in [0.05, 0.1) is 12.0 Å². The van der Waals surface area contributed by atoms with Gasteiger partial charge in [0.25, 0.3) is 0 Å². The van der Waals surface area contributed by atoms with Crippen molar-refractivity contribution in [3.8, 4) is 0 Å². The van der Waals surface area contributed by atoms with Crippen molar-refractivity contribution < 1.29 is 14.7 Å². The van der Waals surface area contributed by atoms with E-state index in [4.69, 9.17) is 0 Å². The average Bonchev–Trinajstić information content (AvgIpc) is 2.76. The minimum atomic E-state index is -0.377. The summed E-state index contributed by atoms with van der Waals surface area (Å²) < 4.78 is 0. The van der Waals surface area contributed by atoms with Gasteiger partial charge in [-0.05, 0) is 31.8 Å². The Labute approximate surface area is 192 Å². The zero-order valence-electron chi connectivity index (χ0n) is 20.6. The Morgan fingerprint density at radius 1 is 0.742 bits per heavy atom. The number of carbonyl (C=O) groups is 2. The Balaban J connectivity index is 1.89. The lowest BCUT2D eigenvalue weighted by Gasteiger charge is -2.21. The van der Waals surface area contributed by atoms with E-state index < -0.39 is 0 Å². The normalized spacial score (nSPS) is 19.8. The van der Waals surface area contributed by atoms with Crippen LogP contribution in [0.15, 0.2) is 12.2 Å². The molecule has 0 fully saturated rings. The Morgan fingerprint density at radius 3 is 1.74 bits per heavy atom. The first-order chi connectivity index (χ1) is 15.1. The van der Waals surface area contributed by atoms with Crippen LogP contribution >= 0.6 is 0 Å². The van der Waals surface area contributed by atoms with Crippen molar-refractivity contribution in [1.82, 2.24) is 0 Å². The average molecular weight is 435 g/mol. The largest absolute Gasteiger partial charge is 0.393 e. The van der Waals surface area contributed by atoms with Crippen LogP contribution in [0.1, 0.15) is 136 Å². The number of hydrogen-bond acceptors (Lipinski definition) is 3. The maximum Gasteiger partial charge on any atom is 0.165 e. The maximum absolute atomic E-state index is 12.3. The first-order valence-electron chi connectivity index (χ1n) is 13.5. The van der Waals surface area contributed by atoms with Crippen molar-refractivity contribution in [3.05, 3.63) is 12.2 Å². The minimum absolute atomic E-state index is 0.0141. The Hall–Kier alpha value is -0.960. The van der Waals surface area contributed by atoms with Crippen LogP contribution in [-0.2, 0) is 9.59 Å². The molecule has 3 atom stereocenters. The lowest BCUT2D eigenvalue weighted by atomic mass is 9.80. The second-order valence-corrected chi connectivity index (χ2v) is 9.70. The van der Waals surface area contributed by atoms with E-state index in [0.717, 1.165) is 44.9 Å². The Morgan fingerprint density at radius 2 is 1.23 bits per heavy atom. The van der Waals surface area contributed by atoms with Gasteiger partial charge in [0.1, 0.15) is 5.78 Å². The van der Waals surface area contributed by atoms with Crippen molar-refractivity contribution in [3.63, 3.8) is 0 Å². The van der Waals surface area contributed by atoms with Gasteiger partial charge in [-0.15, -0.1) is 0 Å². The van der Waals surface area contributed by atoms with Gasteiger partial charge in [-0.1, -0.05) is 116 Å². The molecular weight excluding hydrogens is 384 g/mol. The molecule has 3 heteroatoms. The SMILES string of the molecule is CCCCCCCCCCC(O)CCCCCCCCCC1C(=O)C=CC(CC)C1=O. The molecule has 0 aliphatic heterocycles. The van der Waals surface area contributed by atoms with Gasteiger partial charge in [-0.25, -0.2) is 0 Å². The lowest BCUT2D eigenvalue weighted by Crippen LogP contribution is -2.31. The molecule has 0 bridgehead atoms. The standard InChI is InChI=1S/C28H50O3/c1-3-5-6-7-8-10-13-16-19-25(29)20-17-14-11-9-12-15-18-21-26-27(30)23-22-24(4-2)28(26)31/h22-26,29H,3-21H2,1-2H3. The predicted molar refractivity (Wildman–Crippen MR) is 131 cm³/mol. The lowest BCUT2D eigenvalue weighted by molar-refractivity contribution is -0.133. The van der Waals surface area contributed by atoms with Crippen molar-refractivity contribution >= 4 is 11.6 Å². The fourth-order valence-corrected chi connectivity index (χ4v) is 4.71. The summed E-state index contributed by atoms with van der Waals surface area (Å²) in [4.78, 5) is 24.3. The fraction of sp³-hybridized carbons (Fsp3) is 0.857. The highest BCUT2D eigenvalue weighted by Gasteiger charge is 2.31. The van der Waals surface area contributed by atoms with E-state index in [1.54, 1.807) is 12.2 Å². The highest BCUT2D eigenvalue weighted by Crippen LogP contribution is 2.24. The molecule has 31 heavy (non-hydrogen) atoms. The summed E-state index contributed by atoms with van der Waals surface area (Å²) in [6.45, 7) is 4.27. The molecule has 1 N–H and O–H groups in total. The molecular formula is C28H50O3. The third-order valence-electron chi connectivity index (χ3n) is 6.91. The summed E-state index contributed by atoms with van der Waals surface area (Å²) in [6, 6.07) is 0. The smallest absolute Gasteiger partial charge is 0.165 e. The molecule has 1 aliphatic carbocycles. The quantitative estimate of drug-likeness (QED) is 0.157. The van der Waals surface area contributed by atoms with Crippen LogP contribution in [0.2, 0.25) is 0 Å². The summed E-state index contributed by atoms with van der Waals surface area (Å²) in [5.41, 5.74) is 0. The molecule has 1 aliphatic rings. The molecule has 0 saturated heterocycles. The fourth-order valence-electron chi connectivity index (χ4n) is 4.71. The number of rotatable bonds is 20. The van der Waals surface area contributed by atoms with Crippen LogP contribution in [-0.4, -0.2) is 22.8 Å². The molecule has 0 heterocycles. The molecule has 0 aromatic rings. The van der Waals surface area contributed by atoms with Crippen LogP contribution in [0.4, 0.5) is 0 Å². The van der Waals surface area contributed by atoms with Crippen LogP contribution in [0, 0.1) is 11.8 Å². The first-order valence-corrected chi connectivity index (χ1v) is 13.5. The van der Waals surface area contributed by atoms with Crippen molar-refractivity contribution in [2.45, 2.75) is 142 Å². The van der Waals surface area contributed by atoms with Crippen LogP contribution in [0.25, 0.3) is 0 Å². The van der Waals surface area contributed by atoms with Crippen LogP contribution in [0.5, 0.6) is 0 Å². The zero-order chi connectivity index (χ0) is 22.7. The molecule has 3 unspecified atom stereocenters. The van der Waals surface area contributed by atoms with E-state index in [1.165, 1.54) is 77.0 Å². The number of Topliss-reactive ketones (excluding diaryl/α,β-unsaturated/α-hetero) is 1. The van der Waals surface area contributed by atoms with E-state index >= 15 is 0 Å². The molecule has 0 spiro atoms. The molecule has 180 valence electrons. The van der Waals surface area contributed by atoms with Crippen LogP contribution < -0.4 is 0 Å². The molecule has 0 aromatic heterocycles. The van der Waals surface area contributed by atoms with E-state index in [0.29, 0.717) is 0 Å². The molecule has 3 nitrogen and oxygen atoms in total. The maximum atomic E-state index is 12.3. The van der Waals surface area contributed by atoms with E-state index in [1.807, 2.05) is 6.92 Å². The van der Waals surface area contributed by atoms with E-state index in [-0.39, 0.29) is 29.5 Å². The molecule has 0 saturated carbocycles. The highest BCUT2D eigenvalue weighted by molar-refractivity contribution is 6.11. The van der Waals surface area contributed by atoms with E-state index in [9.17, 15) is 14.7 Å². The molecule has 1 rings (SSSR count). The molecule has 0 aromatic carbocycles. The second-order valence-electron chi connectivity index (χ2n) is 9.70. The van der Waals surface area contributed by atoms with E-state index in [2.05, 4.69) is 6.92 Å². The van der Waals surface area contributed by atoms with Gasteiger partial charge >= 0.3 is 0 Å². The topological polar surface area (TPSA) is 54.4 Å². The van der Waals surface area contributed by atoms with Gasteiger partial charge in [0.2, 0.25) is 0 Å². The summed E-state index contributed by atoms with van der Waals surface area (Å²) >= 11 is 0. The summed E-state index contributed by atoms with van der Waals surface area (Å²) in [7, 11) is 0. The number of allylic oxidation sites excluding steroid dienone is 2.